The number of rotatable bonds is 5. The van der Waals surface area contributed by atoms with Crippen LogP contribution in [0.25, 0.3) is 0 Å². The summed E-state index contributed by atoms with van der Waals surface area (Å²) in [7, 11) is 0. The van der Waals surface area contributed by atoms with Crippen LogP contribution < -0.4 is 15.5 Å². The van der Waals surface area contributed by atoms with Crippen LogP contribution in [0.3, 0.4) is 0 Å². The van der Waals surface area contributed by atoms with Crippen LogP contribution in [-0.2, 0) is 24.3 Å². The molecule has 2 aromatic heterocycles. The summed E-state index contributed by atoms with van der Waals surface area (Å²) in [5.74, 6) is 0.782. The molecular weight excluding hydrogens is 450 g/mol. The molecular formula is C24H27N7O2S. The molecule has 0 bridgehead atoms. The van der Waals surface area contributed by atoms with E-state index in [2.05, 4.69) is 55.0 Å². The van der Waals surface area contributed by atoms with Crippen molar-refractivity contribution in [1.82, 2.24) is 25.4 Å². The first-order valence-electron chi connectivity index (χ1n) is 11.5. The summed E-state index contributed by atoms with van der Waals surface area (Å²) in [5.41, 5.74) is 5.31. The van der Waals surface area contributed by atoms with Crippen LogP contribution in [0, 0.1) is 5.92 Å². The lowest BCUT2D eigenvalue weighted by Crippen LogP contribution is -2.45. The monoisotopic (exact) mass is 477 g/mol. The largest absolute Gasteiger partial charge is 0.352 e. The summed E-state index contributed by atoms with van der Waals surface area (Å²) in [5, 5.41) is 13.8. The molecule has 0 radical (unpaired) electrons. The van der Waals surface area contributed by atoms with Gasteiger partial charge in [0.15, 0.2) is 0 Å². The molecule has 0 spiro atoms. The molecule has 9 nitrogen and oxygen atoms in total. The maximum atomic E-state index is 12.6. The molecule has 3 aromatic rings. The van der Waals surface area contributed by atoms with Crippen molar-refractivity contribution >= 4 is 34.2 Å². The van der Waals surface area contributed by atoms with Gasteiger partial charge in [-0.05, 0) is 42.0 Å². The Kier molecular flexibility index (Phi) is 6.66. The van der Waals surface area contributed by atoms with Gasteiger partial charge in [0.25, 0.3) is 0 Å². The zero-order chi connectivity index (χ0) is 23.3. The van der Waals surface area contributed by atoms with Gasteiger partial charge in [-0.3, -0.25) is 4.79 Å². The van der Waals surface area contributed by atoms with Crippen molar-refractivity contribution in [3.63, 3.8) is 0 Å². The van der Waals surface area contributed by atoms with E-state index >= 15 is 0 Å². The molecule has 0 unspecified atom stereocenters. The molecule has 176 valence electrons. The van der Waals surface area contributed by atoms with Crippen LogP contribution in [0.4, 0.5) is 15.7 Å². The van der Waals surface area contributed by atoms with Crippen LogP contribution in [0.5, 0.6) is 0 Å². The van der Waals surface area contributed by atoms with Crippen molar-refractivity contribution in [2.75, 3.05) is 29.9 Å². The predicted octanol–water partition coefficient (Wildman–Crippen LogP) is 3.06. The van der Waals surface area contributed by atoms with Crippen molar-refractivity contribution in [3.8, 4) is 0 Å². The van der Waals surface area contributed by atoms with E-state index in [1.165, 1.54) is 22.5 Å². The molecule has 0 atom stereocenters. The van der Waals surface area contributed by atoms with Crippen LogP contribution in [-0.4, -0.2) is 51.7 Å². The molecule has 5 rings (SSSR count). The first-order valence-corrected chi connectivity index (χ1v) is 12.4. The minimum absolute atomic E-state index is 0.0554. The lowest BCUT2D eigenvalue weighted by Gasteiger charge is -2.31. The van der Waals surface area contributed by atoms with Gasteiger partial charge in [-0.25, -0.2) is 9.78 Å². The van der Waals surface area contributed by atoms with E-state index in [4.69, 9.17) is 0 Å². The molecule has 2 aliphatic rings. The van der Waals surface area contributed by atoms with Gasteiger partial charge in [-0.15, -0.1) is 10.2 Å². The fourth-order valence-electron chi connectivity index (χ4n) is 4.47. The Labute approximate surface area is 202 Å². The molecule has 1 saturated heterocycles. The Morgan fingerprint density at radius 1 is 1.06 bits per heavy atom. The van der Waals surface area contributed by atoms with Crippen molar-refractivity contribution < 1.29 is 9.59 Å². The smallest absolute Gasteiger partial charge is 0.317 e. The maximum absolute atomic E-state index is 12.6. The molecule has 1 aromatic carbocycles. The zero-order valence-electron chi connectivity index (χ0n) is 18.8. The minimum atomic E-state index is -0.119. The number of likely N-dealkylation sites (tertiary alicyclic amines) is 1. The first-order chi connectivity index (χ1) is 16.7. The molecule has 34 heavy (non-hydrogen) atoms. The van der Waals surface area contributed by atoms with Crippen molar-refractivity contribution in [3.05, 3.63) is 64.8 Å². The normalized spacial score (nSPS) is 16.1. The number of hydrogen-bond donors (Lipinski definition) is 2. The Balaban J connectivity index is 1.07. The second-order valence-electron chi connectivity index (χ2n) is 8.62. The molecule has 1 fully saturated rings. The highest BCUT2D eigenvalue weighted by Gasteiger charge is 2.27. The Bertz CT molecular complexity index is 1130. The highest BCUT2D eigenvalue weighted by atomic mass is 32.1. The molecule has 2 aliphatic heterocycles. The second kappa shape index (κ2) is 10.2. The fraction of sp³-hybridized carbons (Fsp3) is 0.375. The molecule has 10 heteroatoms. The molecule has 0 aliphatic carbocycles. The van der Waals surface area contributed by atoms with Crippen molar-refractivity contribution in [2.45, 2.75) is 32.4 Å². The number of carbonyl (C=O) groups excluding carboxylic acids is 2. The van der Waals surface area contributed by atoms with E-state index < -0.39 is 0 Å². The molecule has 3 amide bonds. The summed E-state index contributed by atoms with van der Waals surface area (Å²) in [6, 6.07) is 12.5. The number of fused-ring (bicyclic) bond motifs is 1. The number of nitrogens with zero attached hydrogens (tertiary/aromatic N) is 5. The standard InChI is InChI=1S/C24H27N7O2S/c32-22(28-23-29-27-16-34-23)19-8-10-30(11-9-19)24(33)26-14-17-5-6-21(25-13-17)31-12-7-18-3-1-2-4-20(18)15-31/h1-6,13,16,19H,7-12,14-15H2,(H,26,33)(H,28,29,32). The highest BCUT2D eigenvalue weighted by Crippen LogP contribution is 2.23. The van der Waals surface area contributed by atoms with Crippen molar-refractivity contribution in [2.24, 2.45) is 5.92 Å². The number of pyridine rings is 1. The van der Waals surface area contributed by atoms with E-state index in [0.29, 0.717) is 37.6 Å². The number of nitrogens with one attached hydrogen (secondary N) is 2. The molecule has 0 saturated carbocycles. The zero-order valence-corrected chi connectivity index (χ0v) is 19.6. The van der Waals surface area contributed by atoms with E-state index in [1.54, 1.807) is 10.4 Å². The summed E-state index contributed by atoms with van der Waals surface area (Å²) in [6.45, 7) is 3.34. The van der Waals surface area contributed by atoms with Gasteiger partial charge in [0, 0.05) is 44.8 Å². The number of hydrogen-bond acceptors (Lipinski definition) is 7. The van der Waals surface area contributed by atoms with Gasteiger partial charge in [0.2, 0.25) is 11.0 Å². The van der Waals surface area contributed by atoms with Gasteiger partial charge in [-0.2, -0.15) is 0 Å². The number of anilines is 2. The lowest BCUT2D eigenvalue weighted by molar-refractivity contribution is -0.121. The first kappa shape index (κ1) is 22.3. The third-order valence-corrected chi connectivity index (χ3v) is 7.06. The summed E-state index contributed by atoms with van der Waals surface area (Å²) in [6.07, 6.45) is 4.12. The van der Waals surface area contributed by atoms with E-state index in [0.717, 1.165) is 30.9 Å². The lowest BCUT2D eigenvalue weighted by atomic mass is 9.96. The average Bonchev–Trinajstić information content (AvgIpc) is 3.40. The SMILES string of the molecule is O=C(Nc1nncs1)C1CCN(C(=O)NCc2ccc(N3CCc4ccccc4C3)nc2)CC1. The second-order valence-corrected chi connectivity index (χ2v) is 9.45. The summed E-state index contributed by atoms with van der Waals surface area (Å²) < 4.78 is 0. The number of carbonyl (C=O) groups is 2. The highest BCUT2D eigenvalue weighted by molar-refractivity contribution is 7.13. The van der Waals surface area contributed by atoms with E-state index in [-0.39, 0.29) is 17.9 Å². The Hall–Kier alpha value is -3.53. The van der Waals surface area contributed by atoms with Crippen LogP contribution in [0.1, 0.15) is 29.5 Å². The number of benzene rings is 1. The number of amides is 3. The molecule has 2 N–H and O–H groups in total. The third-order valence-electron chi connectivity index (χ3n) is 6.45. The van der Waals surface area contributed by atoms with Gasteiger partial charge >= 0.3 is 6.03 Å². The topological polar surface area (TPSA) is 103 Å². The third kappa shape index (κ3) is 5.17. The Morgan fingerprint density at radius 2 is 1.88 bits per heavy atom. The van der Waals surface area contributed by atoms with Gasteiger partial charge in [0.1, 0.15) is 11.3 Å². The summed E-state index contributed by atoms with van der Waals surface area (Å²) >= 11 is 1.29. The van der Waals surface area contributed by atoms with Gasteiger partial charge < -0.3 is 20.4 Å². The molecule has 4 heterocycles. The quantitative estimate of drug-likeness (QED) is 0.586. The average molecular weight is 478 g/mol. The van der Waals surface area contributed by atoms with Crippen LogP contribution >= 0.6 is 11.3 Å². The summed E-state index contributed by atoms with van der Waals surface area (Å²) in [4.78, 5) is 33.6. The van der Waals surface area contributed by atoms with Crippen LogP contribution in [0.2, 0.25) is 0 Å². The maximum Gasteiger partial charge on any atom is 0.317 e. The fourth-order valence-corrected chi connectivity index (χ4v) is 4.92. The predicted molar refractivity (Wildman–Crippen MR) is 131 cm³/mol. The van der Waals surface area contributed by atoms with Gasteiger partial charge in [0.05, 0.1) is 0 Å². The number of urea groups is 1. The van der Waals surface area contributed by atoms with E-state index in [1.807, 2.05) is 18.3 Å². The number of aromatic nitrogens is 3. The van der Waals surface area contributed by atoms with E-state index in [9.17, 15) is 9.59 Å². The van der Waals surface area contributed by atoms with Crippen LogP contribution in [0.15, 0.2) is 48.1 Å². The Morgan fingerprint density at radius 3 is 2.62 bits per heavy atom. The van der Waals surface area contributed by atoms with Gasteiger partial charge in [-0.1, -0.05) is 41.7 Å². The number of piperidine rings is 1. The van der Waals surface area contributed by atoms with Crippen molar-refractivity contribution in [1.29, 1.82) is 0 Å². The minimum Gasteiger partial charge on any atom is -0.352 e.